The van der Waals surface area contributed by atoms with Crippen LogP contribution < -0.4 is 0 Å². The van der Waals surface area contributed by atoms with Gasteiger partial charge in [0.25, 0.3) is 5.69 Å². The fourth-order valence-electron chi connectivity index (χ4n) is 3.69. The molecule has 35 heavy (non-hydrogen) atoms. The van der Waals surface area contributed by atoms with E-state index in [2.05, 4.69) is 10.0 Å². The third kappa shape index (κ3) is 5.25. The average molecular weight is 534 g/mol. The van der Waals surface area contributed by atoms with Crippen molar-refractivity contribution in [1.29, 1.82) is 0 Å². The SMILES string of the molecule is [N-]=[N+]=NCc1ccc([C@H]2CN(S(=O)(=O)c3ccc([N+](=O)[O-])cc3)C(c3ccc(Cl)cc3Cl)O2)cc1. The third-order valence-corrected chi connectivity index (χ3v) is 7.84. The second kappa shape index (κ2) is 10.2. The van der Waals surface area contributed by atoms with Crippen LogP contribution in [-0.2, 0) is 21.3 Å². The van der Waals surface area contributed by atoms with E-state index in [4.69, 9.17) is 33.5 Å². The van der Waals surface area contributed by atoms with Gasteiger partial charge in [-0.25, -0.2) is 8.42 Å². The quantitative estimate of drug-likeness (QED) is 0.117. The van der Waals surface area contributed by atoms with Crippen LogP contribution >= 0.6 is 23.2 Å². The number of non-ortho nitro benzene ring substituents is 1. The molecule has 1 unspecified atom stereocenters. The maximum Gasteiger partial charge on any atom is 0.269 e. The predicted octanol–water partition coefficient (Wildman–Crippen LogP) is 6.17. The lowest BCUT2D eigenvalue weighted by molar-refractivity contribution is -0.384. The normalized spacial score (nSPS) is 18.2. The molecule has 1 fully saturated rings. The Morgan fingerprint density at radius 2 is 1.80 bits per heavy atom. The van der Waals surface area contributed by atoms with Gasteiger partial charge in [0.2, 0.25) is 10.0 Å². The molecule has 0 aliphatic carbocycles. The lowest BCUT2D eigenvalue weighted by Crippen LogP contribution is -2.31. The highest BCUT2D eigenvalue weighted by Crippen LogP contribution is 2.43. The Morgan fingerprint density at radius 1 is 1.11 bits per heavy atom. The van der Waals surface area contributed by atoms with Gasteiger partial charge >= 0.3 is 0 Å². The Kier molecular flexibility index (Phi) is 7.27. The van der Waals surface area contributed by atoms with E-state index in [1.807, 2.05) is 0 Å². The average Bonchev–Trinajstić information content (AvgIpc) is 3.29. The van der Waals surface area contributed by atoms with Crippen molar-refractivity contribution >= 4 is 38.9 Å². The maximum atomic E-state index is 13.6. The van der Waals surface area contributed by atoms with Crippen molar-refractivity contribution in [3.05, 3.63) is 114 Å². The summed E-state index contributed by atoms with van der Waals surface area (Å²) in [4.78, 5) is 13.0. The van der Waals surface area contributed by atoms with Crippen molar-refractivity contribution in [1.82, 2.24) is 4.31 Å². The van der Waals surface area contributed by atoms with Gasteiger partial charge in [-0.05, 0) is 40.9 Å². The third-order valence-electron chi connectivity index (χ3n) is 5.45. The minimum Gasteiger partial charge on any atom is -0.348 e. The van der Waals surface area contributed by atoms with Gasteiger partial charge in [-0.1, -0.05) is 58.6 Å². The summed E-state index contributed by atoms with van der Waals surface area (Å²) in [6.45, 7) is 0.157. The molecule has 0 bridgehead atoms. The predicted molar refractivity (Wildman–Crippen MR) is 129 cm³/mol. The summed E-state index contributed by atoms with van der Waals surface area (Å²) < 4.78 is 34.5. The van der Waals surface area contributed by atoms with E-state index in [0.29, 0.717) is 16.1 Å². The molecule has 3 aromatic carbocycles. The molecule has 0 saturated carbocycles. The van der Waals surface area contributed by atoms with Crippen molar-refractivity contribution in [2.75, 3.05) is 6.54 Å². The van der Waals surface area contributed by atoms with E-state index >= 15 is 0 Å². The van der Waals surface area contributed by atoms with Gasteiger partial charge in [0.1, 0.15) is 0 Å². The van der Waals surface area contributed by atoms with Crippen molar-refractivity contribution in [2.45, 2.75) is 23.8 Å². The highest BCUT2D eigenvalue weighted by molar-refractivity contribution is 7.89. The van der Waals surface area contributed by atoms with Gasteiger partial charge in [0.05, 0.1) is 22.5 Å². The van der Waals surface area contributed by atoms with E-state index < -0.39 is 27.3 Å². The van der Waals surface area contributed by atoms with Crippen LogP contribution in [0.1, 0.15) is 29.0 Å². The molecule has 180 valence electrons. The number of hydrogen-bond acceptors (Lipinski definition) is 6. The first-order chi connectivity index (χ1) is 16.7. The van der Waals surface area contributed by atoms with Crippen LogP contribution in [0.15, 0.2) is 76.7 Å². The molecule has 3 aromatic rings. The Bertz CT molecular complexity index is 1410. The van der Waals surface area contributed by atoms with Crippen LogP contribution in [0.2, 0.25) is 10.0 Å². The van der Waals surface area contributed by atoms with Crippen molar-refractivity contribution in [2.24, 2.45) is 5.11 Å². The topological polar surface area (TPSA) is 139 Å². The van der Waals surface area contributed by atoms with E-state index in [1.165, 1.54) is 22.5 Å². The minimum atomic E-state index is -4.13. The highest BCUT2D eigenvalue weighted by Gasteiger charge is 2.43. The molecule has 0 N–H and O–H groups in total. The van der Waals surface area contributed by atoms with Crippen LogP contribution in [0.4, 0.5) is 5.69 Å². The largest absolute Gasteiger partial charge is 0.348 e. The summed E-state index contributed by atoms with van der Waals surface area (Å²) in [5, 5.41) is 15.1. The molecule has 4 rings (SSSR count). The Hall–Kier alpha value is -3.18. The summed E-state index contributed by atoms with van der Waals surface area (Å²) in [5.74, 6) is 0. The summed E-state index contributed by atoms with van der Waals surface area (Å²) in [5.41, 5.74) is 10.2. The monoisotopic (exact) mass is 533 g/mol. The molecular formula is C22H17Cl2N5O5S. The van der Waals surface area contributed by atoms with Gasteiger partial charge in [0.15, 0.2) is 6.23 Å². The van der Waals surface area contributed by atoms with Crippen molar-refractivity contribution < 1.29 is 18.1 Å². The number of rotatable bonds is 7. The van der Waals surface area contributed by atoms with Crippen molar-refractivity contribution in [3.63, 3.8) is 0 Å². The first-order valence-electron chi connectivity index (χ1n) is 10.2. The number of sulfonamides is 1. The first kappa shape index (κ1) is 24.9. The number of nitrogens with zero attached hydrogens (tertiary/aromatic N) is 5. The second-order valence-corrected chi connectivity index (χ2v) is 10.3. The van der Waals surface area contributed by atoms with Crippen LogP contribution in [-0.4, -0.2) is 24.2 Å². The number of nitro groups is 1. The molecular weight excluding hydrogens is 517 g/mol. The number of ether oxygens (including phenoxy) is 1. The molecule has 0 amide bonds. The van der Waals surface area contributed by atoms with E-state index in [-0.39, 0.29) is 28.7 Å². The minimum absolute atomic E-state index is 0.0291. The summed E-state index contributed by atoms with van der Waals surface area (Å²) in [7, 11) is -4.13. The van der Waals surface area contributed by atoms with Gasteiger partial charge in [-0.15, -0.1) is 0 Å². The molecule has 2 atom stereocenters. The van der Waals surface area contributed by atoms with Gasteiger partial charge < -0.3 is 4.74 Å². The zero-order chi connectivity index (χ0) is 25.2. The molecule has 13 heteroatoms. The zero-order valence-electron chi connectivity index (χ0n) is 17.9. The van der Waals surface area contributed by atoms with Crippen LogP contribution in [0.3, 0.4) is 0 Å². The molecule has 0 spiro atoms. The molecule has 1 aliphatic heterocycles. The van der Waals surface area contributed by atoms with E-state index in [9.17, 15) is 18.5 Å². The molecule has 1 heterocycles. The smallest absolute Gasteiger partial charge is 0.269 e. The number of nitro benzene ring substituents is 1. The number of hydrogen-bond donors (Lipinski definition) is 0. The fraction of sp³-hybridized carbons (Fsp3) is 0.182. The molecule has 0 aromatic heterocycles. The fourth-order valence-corrected chi connectivity index (χ4v) is 5.69. The molecule has 0 radical (unpaired) electrons. The molecule has 10 nitrogen and oxygen atoms in total. The van der Waals surface area contributed by atoms with E-state index in [0.717, 1.165) is 17.7 Å². The van der Waals surface area contributed by atoms with E-state index in [1.54, 1.807) is 36.4 Å². The standard InChI is InChI=1S/C22H17Cl2N5O5S/c23-16-5-10-19(20(24)11-16)22-28(35(32,33)18-8-6-17(7-9-18)29(30)31)13-21(34-22)15-3-1-14(2-4-15)12-26-27-25/h1-11,21-22H,12-13H2/t21-,22?/m1/s1. The summed E-state index contributed by atoms with van der Waals surface area (Å²) >= 11 is 12.4. The summed E-state index contributed by atoms with van der Waals surface area (Å²) in [6.07, 6.45) is -1.69. The zero-order valence-corrected chi connectivity index (χ0v) is 20.2. The van der Waals surface area contributed by atoms with Crippen molar-refractivity contribution in [3.8, 4) is 0 Å². The number of azide groups is 1. The summed E-state index contributed by atoms with van der Waals surface area (Å²) in [6, 6.07) is 16.4. The first-order valence-corrected chi connectivity index (χ1v) is 12.4. The lowest BCUT2D eigenvalue weighted by atomic mass is 10.1. The number of benzene rings is 3. The van der Waals surface area contributed by atoms with Gasteiger partial charge in [-0.3, -0.25) is 10.1 Å². The van der Waals surface area contributed by atoms with Gasteiger partial charge in [-0.2, -0.15) is 4.31 Å². The second-order valence-electron chi connectivity index (χ2n) is 7.60. The molecule has 1 saturated heterocycles. The Morgan fingerprint density at radius 3 is 2.40 bits per heavy atom. The van der Waals surface area contributed by atoms with Gasteiger partial charge in [0, 0.05) is 39.2 Å². The Labute approximate surface area is 210 Å². The molecule has 1 aliphatic rings. The Balaban J connectivity index is 1.72. The van der Waals surface area contributed by atoms with Crippen LogP contribution in [0.25, 0.3) is 10.4 Å². The lowest BCUT2D eigenvalue weighted by Gasteiger charge is -2.23. The van der Waals surface area contributed by atoms with Crippen LogP contribution in [0.5, 0.6) is 0 Å². The highest BCUT2D eigenvalue weighted by atomic mass is 35.5. The number of halogens is 2. The maximum absolute atomic E-state index is 13.6. The van der Waals surface area contributed by atoms with Crippen LogP contribution in [0, 0.1) is 10.1 Å².